The van der Waals surface area contributed by atoms with Crippen LogP contribution in [0.25, 0.3) is 16.8 Å². The molecule has 1 aromatic carbocycles. The van der Waals surface area contributed by atoms with Crippen LogP contribution in [0.2, 0.25) is 0 Å². The highest BCUT2D eigenvalue weighted by molar-refractivity contribution is 5.99. The van der Waals surface area contributed by atoms with E-state index < -0.39 is 5.97 Å². The molecule has 146 valence electrons. The molecule has 0 saturated carbocycles. The van der Waals surface area contributed by atoms with Crippen molar-refractivity contribution in [1.82, 2.24) is 14.7 Å². The summed E-state index contributed by atoms with van der Waals surface area (Å²) in [7, 11) is 0. The molecular formula is C22H19N3O4. The van der Waals surface area contributed by atoms with Gasteiger partial charge < -0.3 is 13.8 Å². The zero-order chi connectivity index (χ0) is 20.4. The van der Waals surface area contributed by atoms with Gasteiger partial charge in [-0.05, 0) is 44.2 Å². The topological polar surface area (TPSA) is 87.2 Å². The second-order valence-electron chi connectivity index (χ2n) is 6.69. The van der Waals surface area contributed by atoms with Crippen molar-refractivity contribution < 1.29 is 18.8 Å². The predicted molar refractivity (Wildman–Crippen MR) is 106 cm³/mol. The summed E-state index contributed by atoms with van der Waals surface area (Å²) in [6.45, 7) is 3.42. The molecule has 4 rings (SSSR count). The van der Waals surface area contributed by atoms with Gasteiger partial charge in [0.2, 0.25) is 5.78 Å². The van der Waals surface area contributed by atoms with Gasteiger partial charge in [-0.25, -0.2) is 4.98 Å². The van der Waals surface area contributed by atoms with Gasteiger partial charge >= 0.3 is 5.97 Å². The second kappa shape index (κ2) is 7.71. The molecule has 0 unspecified atom stereocenters. The maximum Gasteiger partial charge on any atom is 0.312 e. The Labute approximate surface area is 166 Å². The second-order valence-corrected chi connectivity index (χ2v) is 6.69. The van der Waals surface area contributed by atoms with Crippen LogP contribution in [0.3, 0.4) is 0 Å². The van der Waals surface area contributed by atoms with E-state index in [0.29, 0.717) is 16.8 Å². The Morgan fingerprint density at radius 3 is 2.69 bits per heavy atom. The fourth-order valence-electron chi connectivity index (χ4n) is 3.36. The maximum absolute atomic E-state index is 12.6. The largest absolute Gasteiger partial charge is 0.457 e. The third-order valence-corrected chi connectivity index (χ3v) is 4.74. The van der Waals surface area contributed by atoms with Crippen LogP contribution < -0.4 is 0 Å². The molecule has 0 atom stereocenters. The number of carbonyl (C=O) groups is 2. The summed E-state index contributed by atoms with van der Waals surface area (Å²) < 4.78 is 12.3. The van der Waals surface area contributed by atoms with E-state index in [1.54, 1.807) is 18.3 Å². The summed E-state index contributed by atoms with van der Waals surface area (Å²) in [5.41, 5.74) is 3.24. The van der Waals surface area contributed by atoms with E-state index >= 15 is 0 Å². The molecule has 7 heteroatoms. The minimum Gasteiger partial charge on any atom is -0.457 e. The normalized spacial score (nSPS) is 11.0. The summed E-state index contributed by atoms with van der Waals surface area (Å²) in [6, 6.07) is 14.6. The fraction of sp³-hybridized carbons (Fsp3) is 0.182. The van der Waals surface area contributed by atoms with Crippen LogP contribution in [0, 0.1) is 13.8 Å². The lowest BCUT2D eigenvalue weighted by atomic mass is 10.1. The first-order chi connectivity index (χ1) is 14.0. The zero-order valence-corrected chi connectivity index (χ0v) is 16.1. The number of aryl methyl sites for hydroxylation is 1. The number of fused-ring (bicyclic) bond motifs is 1. The maximum atomic E-state index is 12.6. The molecule has 0 radical (unpaired) electrons. The Hall–Kier alpha value is -3.74. The molecule has 4 aromatic rings. The van der Waals surface area contributed by atoms with Gasteiger partial charge in [0.05, 0.1) is 6.42 Å². The number of hydrogen-bond donors (Lipinski definition) is 0. The molecule has 0 amide bonds. The summed E-state index contributed by atoms with van der Waals surface area (Å²) in [5.74, 6) is -0.0639. The Balaban J connectivity index is 1.44. The van der Waals surface area contributed by atoms with Crippen LogP contribution >= 0.6 is 0 Å². The smallest absolute Gasteiger partial charge is 0.312 e. The van der Waals surface area contributed by atoms with E-state index in [0.717, 1.165) is 22.6 Å². The van der Waals surface area contributed by atoms with E-state index in [9.17, 15) is 9.59 Å². The first-order valence-corrected chi connectivity index (χ1v) is 9.17. The summed E-state index contributed by atoms with van der Waals surface area (Å²) in [6.07, 6.45) is 1.64. The van der Waals surface area contributed by atoms with Crippen molar-refractivity contribution in [1.29, 1.82) is 0 Å². The highest BCUT2D eigenvalue weighted by atomic mass is 16.5. The number of rotatable bonds is 6. The molecule has 0 aliphatic carbocycles. The highest BCUT2D eigenvalue weighted by Crippen LogP contribution is 2.21. The lowest BCUT2D eigenvalue weighted by Gasteiger charge is -2.08. The van der Waals surface area contributed by atoms with Crippen LogP contribution in [0.1, 0.15) is 27.4 Å². The fourth-order valence-corrected chi connectivity index (χ4v) is 3.36. The van der Waals surface area contributed by atoms with Crippen LogP contribution in [0.15, 0.2) is 59.3 Å². The Bertz CT molecular complexity index is 1190. The molecule has 0 fully saturated rings. The van der Waals surface area contributed by atoms with Crippen LogP contribution in [-0.4, -0.2) is 33.1 Å². The molecule has 29 heavy (non-hydrogen) atoms. The van der Waals surface area contributed by atoms with Crippen molar-refractivity contribution in [3.8, 4) is 5.82 Å². The average Bonchev–Trinajstić information content (AvgIpc) is 3.27. The predicted octanol–water partition coefficient (Wildman–Crippen LogP) is 3.60. The molecule has 0 saturated heterocycles. The van der Waals surface area contributed by atoms with E-state index in [-0.39, 0.29) is 18.8 Å². The summed E-state index contributed by atoms with van der Waals surface area (Å²) in [5, 5.41) is 4.67. The van der Waals surface area contributed by atoms with Gasteiger partial charge in [0.25, 0.3) is 0 Å². The molecular weight excluding hydrogens is 370 g/mol. The van der Waals surface area contributed by atoms with E-state index in [1.165, 1.54) is 0 Å². The SMILES string of the molecule is Cc1cc(C(=O)COC(=O)Cc2noc3ccccc23)c(C)n1-c1ccccn1. The van der Waals surface area contributed by atoms with Crippen molar-refractivity contribution >= 4 is 22.7 Å². The standard InChI is InChI=1S/C22H19N3O4/c1-14-11-17(15(2)25(14)21-9-5-6-10-23-21)19(26)13-28-22(27)12-18-16-7-3-4-8-20(16)29-24-18/h3-11H,12-13H2,1-2H3. The Morgan fingerprint density at radius 1 is 1.10 bits per heavy atom. The third kappa shape index (κ3) is 3.67. The molecule has 0 aliphatic heterocycles. The minimum atomic E-state index is -0.532. The number of carbonyl (C=O) groups excluding carboxylic acids is 2. The van der Waals surface area contributed by atoms with Crippen LogP contribution in [0.4, 0.5) is 0 Å². The van der Waals surface area contributed by atoms with E-state index in [1.807, 2.05) is 54.8 Å². The molecule has 3 heterocycles. The number of benzene rings is 1. The lowest BCUT2D eigenvalue weighted by Crippen LogP contribution is -2.16. The van der Waals surface area contributed by atoms with Crippen molar-refractivity contribution in [2.75, 3.05) is 6.61 Å². The number of pyridine rings is 1. The minimum absolute atomic E-state index is 0.0583. The Morgan fingerprint density at radius 2 is 1.90 bits per heavy atom. The number of Topliss-reactive ketones (excluding diaryl/α,β-unsaturated/α-hetero) is 1. The van der Waals surface area contributed by atoms with E-state index in [2.05, 4.69) is 10.1 Å². The number of para-hydroxylation sites is 1. The number of ketones is 1. The van der Waals surface area contributed by atoms with Crippen molar-refractivity contribution in [3.05, 3.63) is 77.4 Å². The van der Waals surface area contributed by atoms with Gasteiger partial charge in [0.15, 0.2) is 12.2 Å². The number of aromatic nitrogens is 3. The third-order valence-electron chi connectivity index (χ3n) is 4.74. The van der Waals surface area contributed by atoms with Crippen molar-refractivity contribution in [2.24, 2.45) is 0 Å². The zero-order valence-electron chi connectivity index (χ0n) is 16.1. The summed E-state index contributed by atoms with van der Waals surface area (Å²) in [4.78, 5) is 29.2. The van der Waals surface area contributed by atoms with Gasteiger partial charge in [0.1, 0.15) is 11.5 Å². The Kier molecular flexibility index (Phi) is 4.95. The molecule has 0 spiro atoms. The lowest BCUT2D eigenvalue weighted by molar-refractivity contribution is -0.141. The van der Waals surface area contributed by atoms with Gasteiger partial charge in [0, 0.05) is 28.5 Å². The quantitative estimate of drug-likeness (QED) is 0.370. The van der Waals surface area contributed by atoms with Gasteiger partial charge in [-0.1, -0.05) is 23.4 Å². The van der Waals surface area contributed by atoms with Crippen molar-refractivity contribution in [3.63, 3.8) is 0 Å². The molecule has 0 bridgehead atoms. The highest BCUT2D eigenvalue weighted by Gasteiger charge is 2.19. The number of ether oxygens (including phenoxy) is 1. The van der Waals surface area contributed by atoms with Crippen LogP contribution in [0.5, 0.6) is 0 Å². The first-order valence-electron chi connectivity index (χ1n) is 9.17. The number of esters is 1. The van der Waals surface area contributed by atoms with Crippen molar-refractivity contribution in [2.45, 2.75) is 20.3 Å². The van der Waals surface area contributed by atoms with Gasteiger partial charge in [-0.2, -0.15) is 0 Å². The van der Waals surface area contributed by atoms with E-state index in [4.69, 9.17) is 9.26 Å². The number of hydrogen-bond acceptors (Lipinski definition) is 6. The van der Waals surface area contributed by atoms with Gasteiger partial charge in [-0.3, -0.25) is 9.59 Å². The van der Waals surface area contributed by atoms with Crippen LogP contribution in [-0.2, 0) is 16.0 Å². The molecule has 0 aliphatic rings. The van der Waals surface area contributed by atoms with Gasteiger partial charge in [-0.15, -0.1) is 0 Å². The molecule has 7 nitrogen and oxygen atoms in total. The molecule has 3 aromatic heterocycles. The number of nitrogens with zero attached hydrogens (tertiary/aromatic N) is 3. The molecule has 0 N–H and O–H groups in total. The average molecular weight is 389 g/mol. The first kappa shape index (κ1) is 18.6. The monoisotopic (exact) mass is 389 g/mol. The summed E-state index contributed by atoms with van der Waals surface area (Å²) >= 11 is 0.